The third kappa shape index (κ3) is 4.36. The van der Waals surface area contributed by atoms with Gasteiger partial charge in [0.1, 0.15) is 4.99 Å². The lowest BCUT2D eigenvalue weighted by Crippen LogP contribution is -2.15. The zero-order chi connectivity index (χ0) is 14.4. The Morgan fingerprint density at radius 2 is 1.90 bits per heavy atom. The monoisotopic (exact) mass is 302 g/mol. The Bertz CT molecular complexity index is 614. The predicted octanol–water partition coefficient (Wildman–Crippen LogP) is 3.05. The maximum absolute atomic E-state index is 11.9. The molecular formula is C15H14N2OS2. The summed E-state index contributed by atoms with van der Waals surface area (Å²) in [6, 6.07) is 17.0. The molecule has 0 fully saturated rings. The highest BCUT2D eigenvalue weighted by Crippen LogP contribution is 2.17. The summed E-state index contributed by atoms with van der Waals surface area (Å²) in [7, 11) is 0. The summed E-state index contributed by atoms with van der Waals surface area (Å²) >= 11 is 6.41. The van der Waals surface area contributed by atoms with Crippen LogP contribution >= 0.6 is 24.0 Å². The molecule has 3 nitrogen and oxygen atoms in total. The highest BCUT2D eigenvalue weighted by atomic mass is 32.2. The Labute approximate surface area is 127 Å². The Kier molecular flexibility index (Phi) is 5.15. The van der Waals surface area contributed by atoms with Crippen LogP contribution in [0.5, 0.6) is 0 Å². The fraction of sp³-hybridized carbons (Fsp3) is 0.0667. The van der Waals surface area contributed by atoms with Crippen LogP contribution in [0, 0.1) is 0 Å². The molecule has 2 aromatic rings. The number of rotatable bonds is 5. The standard InChI is InChI=1S/C15H14N2OS2/c16-15(19)11-5-4-6-12(9-11)17-14(18)10-20-13-7-2-1-3-8-13/h1-9H,10H2,(H2,16,19)(H,17,18). The number of amides is 1. The van der Waals surface area contributed by atoms with Gasteiger partial charge in [-0.1, -0.05) is 42.5 Å². The average molecular weight is 302 g/mol. The Hall–Kier alpha value is -1.85. The van der Waals surface area contributed by atoms with E-state index in [1.807, 2.05) is 48.5 Å². The molecule has 5 heteroatoms. The fourth-order valence-electron chi connectivity index (χ4n) is 1.61. The summed E-state index contributed by atoms with van der Waals surface area (Å²) in [5.74, 6) is 0.306. The van der Waals surface area contributed by atoms with E-state index in [0.29, 0.717) is 16.4 Å². The number of hydrogen-bond acceptors (Lipinski definition) is 3. The van der Waals surface area contributed by atoms with Gasteiger partial charge in [0, 0.05) is 16.1 Å². The number of carbonyl (C=O) groups excluding carboxylic acids is 1. The molecule has 0 unspecified atom stereocenters. The van der Waals surface area contributed by atoms with Gasteiger partial charge in [-0.05, 0) is 24.3 Å². The summed E-state index contributed by atoms with van der Waals surface area (Å²) in [4.78, 5) is 13.3. The summed E-state index contributed by atoms with van der Waals surface area (Å²) in [6.45, 7) is 0. The van der Waals surface area contributed by atoms with Gasteiger partial charge in [-0.25, -0.2) is 0 Å². The Morgan fingerprint density at radius 3 is 2.60 bits per heavy atom. The summed E-state index contributed by atoms with van der Waals surface area (Å²) in [6.07, 6.45) is 0. The second-order valence-corrected chi connectivity index (χ2v) is 5.58. The SMILES string of the molecule is NC(=S)c1cccc(NC(=O)CSc2ccccc2)c1. The summed E-state index contributed by atoms with van der Waals surface area (Å²) in [5.41, 5.74) is 7.01. The van der Waals surface area contributed by atoms with Crippen LogP contribution in [0.1, 0.15) is 5.56 Å². The number of nitrogens with one attached hydrogen (secondary N) is 1. The van der Waals surface area contributed by atoms with Gasteiger partial charge < -0.3 is 11.1 Å². The first kappa shape index (κ1) is 14.6. The van der Waals surface area contributed by atoms with Gasteiger partial charge in [-0.2, -0.15) is 0 Å². The molecule has 20 heavy (non-hydrogen) atoms. The topological polar surface area (TPSA) is 55.1 Å². The lowest BCUT2D eigenvalue weighted by atomic mass is 10.2. The first-order valence-corrected chi connectivity index (χ1v) is 7.42. The van der Waals surface area contributed by atoms with Gasteiger partial charge in [0.2, 0.25) is 5.91 Å². The van der Waals surface area contributed by atoms with Gasteiger partial charge in [0.05, 0.1) is 5.75 Å². The molecule has 0 aliphatic heterocycles. The van der Waals surface area contributed by atoms with Gasteiger partial charge in [0.15, 0.2) is 0 Å². The van der Waals surface area contributed by atoms with E-state index in [1.54, 1.807) is 6.07 Å². The first-order valence-electron chi connectivity index (χ1n) is 6.03. The summed E-state index contributed by atoms with van der Waals surface area (Å²) in [5, 5.41) is 2.83. The third-order valence-corrected chi connectivity index (χ3v) is 3.79. The number of benzene rings is 2. The minimum atomic E-state index is -0.0565. The molecule has 0 atom stereocenters. The molecule has 0 aliphatic carbocycles. The molecule has 102 valence electrons. The second kappa shape index (κ2) is 7.07. The minimum Gasteiger partial charge on any atom is -0.389 e. The van der Waals surface area contributed by atoms with Crippen molar-refractivity contribution in [1.29, 1.82) is 0 Å². The smallest absolute Gasteiger partial charge is 0.234 e. The Balaban J connectivity index is 1.91. The fourth-order valence-corrected chi connectivity index (χ4v) is 2.46. The van der Waals surface area contributed by atoms with Crippen LogP contribution in [-0.2, 0) is 4.79 Å². The first-order chi connectivity index (χ1) is 9.65. The molecule has 0 spiro atoms. The van der Waals surface area contributed by atoms with Crippen molar-refractivity contribution in [2.75, 3.05) is 11.1 Å². The highest BCUT2D eigenvalue weighted by Gasteiger charge is 2.05. The third-order valence-electron chi connectivity index (χ3n) is 2.54. The van der Waals surface area contributed by atoms with Crippen molar-refractivity contribution in [3.8, 4) is 0 Å². The van der Waals surface area contributed by atoms with Crippen LogP contribution in [0.3, 0.4) is 0 Å². The van der Waals surface area contributed by atoms with Crippen molar-refractivity contribution < 1.29 is 4.79 Å². The van der Waals surface area contributed by atoms with Gasteiger partial charge >= 0.3 is 0 Å². The van der Waals surface area contributed by atoms with Crippen LogP contribution in [0.25, 0.3) is 0 Å². The molecule has 0 heterocycles. The van der Waals surface area contributed by atoms with Crippen LogP contribution in [-0.4, -0.2) is 16.6 Å². The summed E-state index contributed by atoms with van der Waals surface area (Å²) < 4.78 is 0. The lowest BCUT2D eigenvalue weighted by molar-refractivity contribution is -0.113. The van der Waals surface area contributed by atoms with E-state index < -0.39 is 0 Å². The van der Waals surface area contributed by atoms with E-state index in [0.717, 1.165) is 10.5 Å². The zero-order valence-electron chi connectivity index (χ0n) is 10.7. The molecule has 0 aromatic heterocycles. The number of anilines is 1. The van der Waals surface area contributed by atoms with Crippen molar-refractivity contribution in [3.63, 3.8) is 0 Å². The molecule has 0 aliphatic rings. The number of nitrogens with two attached hydrogens (primary N) is 1. The maximum Gasteiger partial charge on any atom is 0.234 e. The predicted molar refractivity (Wildman–Crippen MR) is 88.1 cm³/mol. The molecule has 2 rings (SSSR count). The minimum absolute atomic E-state index is 0.0565. The van der Waals surface area contributed by atoms with E-state index in [4.69, 9.17) is 18.0 Å². The van der Waals surface area contributed by atoms with Crippen molar-refractivity contribution in [3.05, 3.63) is 60.2 Å². The molecule has 0 saturated carbocycles. The van der Waals surface area contributed by atoms with Gasteiger partial charge in [-0.15, -0.1) is 11.8 Å². The van der Waals surface area contributed by atoms with Crippen molar-refractivity contribution >= 4 is 40.6 Å². The van der Waals surface area contributed by atoms with E-state index >= 15 is 0 Å². The average Bonchev–Trinajstić information content (AvgIpc) is 2.46. The number of thioether (sulfide) groups is 1. The van der Waals surface area contributed by atoms with Gasteiger partial charge in [0.25, 0.3) is 0 Å². The van der Waals surface area contributed by atoms with E-state index in [2.05, 4.69) is 5.32 Å². The van der Waals surface area contributed by atoms with Crippen molar-refractivity contribution in [1.82, 2.24) is 0 Å². The van der Waals surface area contributed by atoms with E-state index in [-0.39, 0.29) is 5.91 Å². The largest absolute Gasteiger partial charge is 0.389 e. The van der Waals surface area contributed by atoms with Crippen molar-refractivity contribution in [2.45, 2.75) is 4.90 Å². The van der Waals surface area contributed by atoms with E-state index in [9.17, 15) is 4.79 Å². The number of thiocarbonyl (C=S) groups is 1. The molecule has 0 bridgehead atoms. The Morgan fingerprint density at radius 1 is 1.15 bits per heavy atom. The molecule has 3 N–H and O–H groups in total. The highest BCUT2D eigenvalue weighted by molar-refractivity contribution is 8.00. The lowest BCUT2D eigenvalue weighted by Gasteiger charge is -2.07. The van der Waals surface area contributed by atoms with E-state index in [1.165, 1.54) is 11.8 Å². The quantitative estimate of drug-likeness (QED) is 0.658. The van der Waals surface area contributed by atoms with Crippen LogP contribution < -0.4 is 11.1 Å². The zero-order valence-corrected chi connectivity index (χ0v) is 12.3. The molecule has 1 amide bonds. The normalized spacial score (nSPS) is 10.0. The number of carbonyl (C=O) groups is 1. The van der Waals surface area contributed by atoms with Crippen LogP contribution in [0.4, 0.5) is 5.69 Å². The molecule has 0 radical (unpaired) electrons. The van der Waals surface area contributed by atoms with Gasteiger partial charge in [-0.3, -0.25) is 4.79 Å². The van der Waals surface area contributed by atoms with Crippen LogP contribution in [0.2, 0.25) is 0 Å². The second-order valence-electron chi connectivity index (χ2n) is 4.09. The maximum atomic E-state index is 11.9. The number of hydrogen-bond donors (Lipinski definition) is 2. The van der Waals surface area contributed by atoms with Crippen LogP contribution in [0.15, 0.2) is 59.5 Å². The molecule has 0 saturated heterocycles. The molecule has 2 aromatic carbocycles. The molecular weight excluding hydrogens is 288 g/mol. The van der Waals surface area contributed by atoms with Crippen molar-refractivity contribution in [2.24, 2.45) is 5.73 Å².